The molecule has 3 amide bonds. The van der Waals surface area contributed by atoms with Crippen LogP contribution in [0.2, 0.25) is 0 Å². The third-order valence-electron chi connectivity index (χ3n) is 7.73. The summed E-state index contributed by atoms with van der Waals surface area (Å²) in [6.45, 7) is 2.28. The molecule has 0 radical (unpaired) electrons. The van der Waals surface area contributed by atoms with Crippen LogP contribution in [0.5, 0.6) is 0 Å². The van der Waals surface area contributed by atoms with Gasteiger partial charge in [-0.2, -0.15) is 0 Å². The quantitative estimate of drug-likeness (QED) is 0.568. The van der Waals surface area contributed by atoms with Crippen molar-refractivity contribution in [1.29, 1.82) is 0 Å². The highest BCUT2D eigenvalue weighted by atomic mass is 16.2. The summed E-state index contributed by atoms with van der Waals surface area (Å²) in [5.41, 5.74) is 3.35. The molecule has 2 N–H and O–H groups in total. The maximum atomic E-state index is 13.9. The molecule has 0 unspecified atom stereocenters. The van der Waals surface area contributed by atoms with Crippen LogP contribution in [0.3, 0.4) is 0 Å². The molecule has 0 aliphatic carbocycles. The Kier molecular flexibility index (Phi) is 5.07. The molecule has 3 aromatic carbocycles. The lowest BCUT2D eigenvalue weighted by Crippen LogP contribution is -2.53. The number of anilines is 1. The summed E-state index contributed by atoms with van der Waals surface area (Å²) in [6.07, 6.45) is 1.15. The van der Waals surface area contributed by atoms with Crippen molar-refractivity contribution in [3.05, 3.63) is 101 Å². The number of hydrogen-bond donors (Lipinski definition) is 2. The van der Waals surface area contributed by atoms with Gasteiger partial charge >= 0.3 is 0 Å². The van der Waals surface area contributed by atoms with Crippen LogP contribution in [0.25, 0.3) is 0 Å². The Morgan fingerprint density at radius 2 is 1.54 bits per heavy atom. The molecule has 35 heavy (non-hydrogen) atoms. The molecule has 4 atom stereocenters. The molecule has 0 saturated carbocycles. The number of likely N-dealkylation sites (tertiary alicyclic amines) is 1. The van der Waals surface area contributed by atoms with E-state index in [0.717, 1.165) is 22.3 Å². The molecule has 3 heterocycles. The van der Waals surface area contributed by atoms with E-state index in [0.29, 0.717) is 25.1 Å². The summed E-state index contributed by atoms with van der Waals surface area (Å²) >= 11 is 0. The van der Waals surface area contributed by atoms with Crippen LogP contribution in [0.1, 0.15) is 22.3 Å². The Balaban J connectivity index is 1.41. The number of rotatable bonds is 5. The number of carbonyl (C=O) groups is 3. The maximum absolute atomic E-state index is 13.9. The Hall–Kier alpha value is -3.77. The van der Waals surface area contributed by atoms with Crippen molar-refractivity contribution in [1.82, 2.24) is 10.2 Å². The average molecular weight is 466 g/mol. The van der Waals surface area contributed by atoms with Crippen LogP contribution in [-0.2, 0) is 32.8 Å². The number of aryl methyl sites for hydroxylation is 1. The number of nitrogens with one attached hydrogen (secondary N) is 2. The Morgan fingerprint density at radius 3 is 2.26 bits per heavy atom. The fourth-order valence-electron chi connectivity index (χ4n) is 6.12. The van der Waals surface area contributed by atoms with Crippen molar-refractivity contribution in [2.24, 2.45) is 11.8 Å². The molecule has 0 bridgehead atoms. The Bertz CT molecular complexity index is 1320. The van der Waals surface area contributed by atoms with Gasteiger partial charge in [-0.25, -0.2) is 0 Å². The van der Waals surface area contributed by atoms with E-state index < -0.39 is 17.4 Å². The van der Waals surface area contributed by atoms with Crippen molar-refractivity contribution in [2.45, 2.75) is 31.3 Å². The summed E-state index contributed by atoms with van der Waals surface area (Å²) < 4.78 is 0. The fraction of sp³-hybridized carbons (Fsp3) is 0.276. The minimum atomic E-state index is -1.25. The zero-order valence-electron chi connectivity index (χ0n) is 19.5. The summed E-state index contributed by atoms with van der Waals surface area (Å²) in [4.78, 5) is 42.7. The molecule has 3 aliphatic heterocycles. The topological polar surface area (TPSA) is 78.5 Å². The van der Waals surface area contributed by atoms with Gasteiger partial charge in [0.25, 0.3) is 0 Å². The largest absolute Gasteiger partial charge is 0.324 e. The van der Waals surface area contributed by atoms with Gasteiger partial charge in [-0.05, 0) is 37.0 Å². The first kappa shape index (κ1) is 21.7. The predicted molar refractivity (Wildman–Crippen MR) is 132 cm³/mol. The lowest BCUT2D eigenvalue weighted by Gasteiger charge is -2.29. The van der Waals surface area contributed by atoms with E-state index in [2.05, 4.69) is 10.6 Å². The molecule has 0 aromatic heterocycles. The van der Waals surface area contributed by atoms with Crippen molar-refractivity contribution < 1.29 is 14.4 Å². The third-order valence-corrected chi connectivity index (χ3v) is 7.73. The van der Waals surface area contributed by atoms with Gasteiger partial charge in [0.05, 0.1) is 11.8 Å². The molecule has 3 aromatic rings. The molecule has 1 spiro atoms. The first-order valence-corrected chi connectivity index (χ1v) is 12.1. The first-order valence-electron chi connectivity index (χ1n) is 12.1. The molecular formula is C29H27N3O3. The predicted octanol–water partition coefficient (Wildman–Crippen LogP) is 3.20. The Labute approximate surface area is 204 Å². The van der Waals surface area contributed by atoms with E-state index in [-0.39, 0.29) is 23.8 Å². The molecule has 2 fully saturated rings. The lowest BCUT2D eigenvalue weighted by atomic mass is 9.76. The number of hydrogen-bond acceptors (Lipinski definition) is 4. The highest BCUT2D eigenvalue weighted by Gasteiger charge is 2.70. The van der Waals surface area contributed by atoms with Gasteiger partial charge in [0.1, 0.15) is 5.54 Å². The molecule has 176 valence electrons. The van der Waals surface area contributed by atoms with Crippen molar-refractivity contribution in [2.75, 3.05) is 11.9 Å². The fourth-order valence-corrected chi connectivity index (χ4v) is 6.12. The summed E-state index contributed by atoms with van der Waals surface area (Å²) in [7, 11) is 0. The van der Waals surface area contributed by atoms with Crippen LogP contribution in [0.15, 0.2) is 78.9 Å². The number of carbonyl (C=O) groups excluding carboxylic acids is 3. The summed E-state index contributed by atoms with van der Waals surface area (Å²) in [6, 6.07) is 25.2. The standard InChI is InChI=1S/C29H27N3O3/c1-18-12-13-22-21(16-18)29(28(35)30-22)25-24(23(31-29)17-20-10-6-3-7-11-20)26(33)32(27(25)34)15-14-19-8-4-2-5-9-19/h2-13,16,23-25,31H,14-15,17H2,1H3,(H,30,35)/t23-,24-,25+,29-/m1/s1. The molecule has 3 aliphatic rings. The van der Waals surface area contributed by atoms with Gasteiger partial charge in [0, 0.05) is 23.8 Å². The zero-order chi connectivity index (χ0) is 24.2. The molecule has 2 saturated heterocycles. The smallest absolute Gasteiger partial charge is 0.250 e. The zero-order valence-corrected chi connectivity index (χ0v) is 19.5. The van der Waals surface area contributed by atoms with E-state index in [4.69, 9.17) is 0 Å². The van der Waals surface area contributed by atoms with Crippen LogP contribution in [0, 0.1) is 18.8 Å². The minimum absolute atomic E-state index is 0.185. The number of amides is 3. The molecular weight excluding hydrogens is 438 g/mol. The summed E-state index contributed by atoms with van der Waals surface area (Å²) in [5.74, 6) is -2.08. The van der Waals surface area contributed by atoms with E-state index in [1.807, 2.05) is 85.8 Å². The number of benzene rings is 3. The minimum Gasteiger partial charge on any atom is -0.324 e. The van der Waals surface area contributed by atoms with Crippen LogP contribution < -0.4 is 10.6 Å². The highest BCUT2D eigenvalue weighted by Crippen LogP contribution is 2.53. The molecule has 6 rings (SSSR count). The van der Waals surface area contributed by atoms with Gasteiger partial charge < -0.3 is 5.32 Å². The van der Waals surface area contributed by atoms with Crippen molar-refractivity contribution >= 4 is 23.4 Å². The SMILES string of the molecule is Cc1ccc2c(c1)[C@]1(N[C@H](Cc3ccccc3)[C@H]3C(=O)N(CCc4ccccc4)C(=O)[C@H]31)C(=O)N2. The van der Waals surface area contributed by atoms with Gasteiger partial charge in [-0.1, -0.05) is 78.4 Å². The van der Waals surface area contributed by atoms with E-state index in [9.17, 15) is 14.4 Å². The summed E-state index contributed by atoms with van der Waals surface area (Å²) in [5, 5.41) is 6.50. The lowest BCUT2D eigenvalue weighted by molar-refractivity contribution is -0.142. The number of nitrogens with zero attached hydrogens (tertiary/aromatic N) is 1. The second-order valence-electron chi connectivity index (χ2n) is 9.82. The van der Waals surface area contributed by atoms with Gasteiger partial charge in [-0.15, -0.1) is 0 Å². The van der Waals surface area contributed by atoms with Crippen molar-refractivity contribution in [3.8, 4) is 0 Å². The van der Waals surface area contributed by atoms with Crippen LogP contribution >= 0.6 is 0 Å². The molecule has 6 heteroatoms. The first-order chi connectivity index (χ1) is 17.0. The average Bonchev–Trinajstić information content (AvgIpc) is 3.44. The van der Waals surface area contributed by atoms with Crippen LogP contribution in [0.4, 0.5) is 5.69 Å². The van der Waals surface area contributed by atoms with Gasteiger partial charge in [0.2, 0.25) is 17.7 Å². The Morgan fingerprint density at radius 1 is 0.857 bits per heavy atom. The molecule has 6 nitrogen and oxygen atoms in total. The van der Waals surface area contributed by atoms with E-state index in [1.165, 1.54) is 4.90 Å². The second kappa shape index (κ2) is 8.17. The van der Waals surface area contributed by atoms with Gasteiger partial charge in [0.15, 0.2) is 0 Å². The maximum Gasteiger partial charge on any atom is 0.250 e. The second-order valence-corrected chi connectivity index (χ2v) is 9.82. The van der Waals surface area contributed by atoms with Crippen molar-refractivity contribution in [3.63, 3.8) is 0 Å². The third kappa shape index (κ3) is 3.32. The normalized spacial score (nSPS) is 26.8. The monoisotopic (exact) mass is 465 g/mol. The number of fused-ring (bicyclic) bond motifs is 4. The van der Waals surface area contributed by atoms with E-state index >= 15 is 0 Å². The van der Waals surface area contributed by atoms with Crippen LogP contribution in [-0.4, -0.2) is 35.2 Å². The van der Waals surface area contributed by atoms with E-state index in [1.54, 1.807) is 0 Å². The number of imide groups is 1. The van der Waals surface area contributed by atoms with Gasteiger partial charge in [-0.3, -0.25) is 24.6 Å². The highest BCUT2D eigenvalue weighted by molar-refractivity contribution is 6.15.